The molecule has 23 heavy (non-hydrogen) atoms. The Labute approximate surface area is 140 Å². The van der Waals surface area contributed by atoms with Crippen molar-refractivity contribution in [3.63, 3.8) is 0 Å². The number of nitrogens with zero attached hydrogens (tertiary/aromatic N) is 1. The van der Waals surface area contributed by atoms with Crippen LogP contribution in [-0.2, 0) is 0 Å². The molecular weight excluding hydrogens is 314 g/mol. The van der Waals surface area contributed by atoms with E-state index in [9.17, 15) is 9.90 Å². The zero-order valence-corrected chi connectivity index (χ0v) is 13.4. The molecule has 1 amide bonds. The maximum Gasteiger partial charge on any atom is 0.253 e. The lowest BCUT2D eigenvalue weighted by molar-refractivity contribution is 0.0595. The van der Waals surface area contributed by atoms with Crippen LogP contribution in [0.5, 0.6) is 11.5 Å². The molecule has 1 heterocycles. The van der Waals surface area contributed by atoms with Crippen LogP contribution in [0, 0.1) is 0 Å². The van der Waals surface area contributed by atoms with Crippen LogP contribution in [0.25, 0.3) is 0 Å². The molecule has 1 fully saturated rings. The highest BCUT2D eigenvalue weighted by atomic mass is 35.5. The van der Waals surface area contributed by atoms with Gasteiger partial charge in [0.1, 0.15) is 17.6 Å². The molecule has 3 rings (SSSR count). The number of rotatable bonds is 3. The Morgan fingerprint density at radius 2 is 1.65 bits per heavy atom. The summed E-state index contributed by atoms with van der Waals surface area (Å²) >= 11 is 5.86. The lowest BCUT2D eigenvalue weighted by atomic mass is 10.1. The van der Waals surface area contributed by atoms with Gasteiger partial charge in [0, 0.05) is 36.5 Å². The first-order chi connectivity index (χ1) is 11.1. The van der Waals surface area contributed by atoms with E-state index >= 15 is 0 Å². The summed E-state index contributed by atoms with van der Waals surface area (Å²) in [5.74, 6) is 0.962. The normalized spacial score (nSPS) is 15.4. The summed E-state index contributed by atoms with van der Waals surface area (Å²) < 4.78 is 5.93. The first kappa shape index (κ1) is 15.7. The van der Waals surface area contributed by atoms with E-state index in [2.05, 4.69) is 0 Å². The highest BCUT2D eigenvalue weighted by molar-refractivity contribution is 6.30. The van der Waals surface area contributed by atoms with Crippen molar-refractivity contribution < 1.29 is 14.6 Å². The third kappa shape index (κ3) is 3.96. The number of carbonyl (C=O) groups is 1. The van der Waals surface area contributed by atoms with Gasteiger partial charge in [-0.2, -0.15) is 0 Å². The maximum absolute atomic E-state index is 12.4. The first-order valence-electron chi connectivity index (χ1n) is 7.62. The highest BCUT2D eigenvalue weighted by Gasteiger charge is 2.24. The van der Waals surface area contributed by atoms with Crippen LogP contribution in [0.3, 0.4) is 0 Å². The SMILES string of the molecule is O=C(c1ccc(O)cc1)N1CCC(Oc2ccc(Cl)cc2)CC1. The number of amides is 1. The Kier molecular flexibility index (Phi) is 4.72. The van der Waals surface area contributed by atoms with E-state index in [0.29, 0.717) is 23.7 Å². The average Bonchev–Trinajstić information content (AvgIpc) is 2.58. The number of halogens is 1. The van der Waals surface area contributed by atoms with Gasteiger partial charge in [-0.1, -0.05) is 11.6 Å². The lowest BCUT2D eigenvalue weighted by Crippen LogP contribution is -2.41. The van der Waals surface area contributed by atoms with Gasteiger partial charge in [-0.3, -0.25) is 4.79 Å². The van der Waals surface area contributed by atoms with E-state index in [-0.39, 0.29) is 17.8 Å². The molecule has 4 nitrogen and oxygen atoms in total. The number of piperidine rings is 1. The van der Waals surface area contributed by atoms with Crippen LogP contribution < -0.4 is 4.74 Å². The van der Waals surface area contributed by atoms with Crippen molar-refractivity contribution in [2.24, 2.45) is 0 Å². The molecule has 2 aromatic carbocycles. The number of benzene rings is 2. The Morgan fingerprint density at radius 1 is 1.04 bits per heavy atom. The van der Waals surface area contributed by atoms with Crippen LogP contribution in [0.2, 0.25) is 5.02 Å². The van der Waals surface area contributed by atoms with Gasteiger partial charge >= 0.3 is 0 Å². The third-order valence-corrected chi connectivity index (χ3v) is 4.21. The zero-order valence-electron chi connectivity index (χ0n) is 12.6. The van der Waals surface area contributed by atoms with Crippen molar-refractivity contribution in [3.8, 4) is 11.5 Å². The minimum absolute atomic E-state index is 0.00468. The minimum atomic E-state index is -0.00468. The maximum atomic E-state index is 12.4. The van der Waals surface area contributed by atoms with Crippen molar-refractivity contribution >= 4 is 17.5 Å². The molecule has 0 unspecified atom stereocenters. The standard InChI is InChI=1S/C18H18ClNO3/c19-14-3-7-16(8-4-14)23-17-9-11-20(12-10-17)18(22)13-1-5-15(21)6-2-13/h1-8,17,21H,9-12H2. The second-order valence-corrected chi connectivity index (χ2v) is 6.05. The molecule has 2 aromatic rings. The molecule has 1 saturated heterocycles. The Balaban J connectivity index is 1.54. The zero-order chi connectivity index (χ0) is 16.2. The van der Waals surface area contributed by atoms with Gasteiger partial charge < -0.3 is 14.7 Å². The molecule has 0 aromatic heterocycles. The summed E-state index contributed by atoms with van der Waals surface area (Å²) in [4.78, 5) is 14.2. The summed E-state index contributed by atoms with van der Waals surface area (Å²) in [6.07, 6.45) is 1.71. The van der Waals surface area contributed by atoms with Crippen molar-refractivity contribution in [1.82, 2.24) is 4.90 Å². The van der Waals surface area contributed by atoms with E-state index in [1.54, 1.807) is 24.3 Å². The average molecular weight is 332 g/mol. The van der Waals surface area contributed by atoms with E-state index in [4.69, 9.17) is 16.3 Å². The Hall–Kier alpha value is -2.20. The predicted molar refractivity (Wildman–Crippen MR) is 89.1 cm³/mol. The predicted octanol–water partition coefficient (Wildman–Crippen LogP) is 3.73. The molecule has 0 bridgehead atoms. The third-order valence-electron chi connectivity index (χ3n) is 3.96. The molecule has 0 spiro atoms. The first-order valence-corrected chi connectivity index (χ1v) is 8.00. The largest absolute Gasteiger partial charge is 0.508 e. The molecule has 5 heteroatoms. The topological polar surface area (TPSA) is 49.8 Å². The highest BCUT2D eigenvalue weighted by Crippen LogP contribution is 2.22. The fraction of sp³-hybridized carbons (Fsp3) is 0.278. The fourth-order valence-corrected chi connectivity index (χ4v) is 2.79. The molecule has 1 aliphatic heterocycles. The van der Waals surface area contributed by atoms with Crippen LogP contribution in [0.15, 0.2) is 48.5 Å². The molecule has 0 saturated carbocycles. The number of phenols is 1. The summed E-state index contributed by atoms with van der Waals surface area (Å²) in [6.45, 7) is 1.33. The molecule has 0 aliphatic carbocycles. The van der Waals surface area contributed by atoms with Gasteiger partial charge in [0.15, 0.2) is 0 Å². The second-order valence-electron chi connectivity index (χ2n) is 5.61. The quantitative estimate of drug-likeness (QED) is 0.932. The Bertz CT molecular complexity index is 662. The molecule has 120 valence electrons. The summed E-state index contributed by atoms with van der Waals surface area (Å²) in [5, 5.41) is 9.98. The number of aromatic hydroxyl groups is 1. The van der Waals surface area contributed by atoms with E-state index in [1.807, 2.05) is 17.0 Å². The van der Waals surface area contributed by atoms with Crippen molar-refractivity contribution in [2.75, 3.05) is 13.1 Å². The van der Waals surface area contributed by atoms with E-state index in [0.717, 1.165) is 18.6 Å². The summed E-state index contributed by atoms with van der Waals surface area (Å²) in [5.41, 5.74) is 0.597. The van der Waals surface area contributed by atoms with E-state index in [1.165, 1.54) is 12.1 Å². The summed E-state index contributed by atoms with van der Waals surface area (Å²) in [6, 6.07) is 13.7. The minimum Gasteiger partial charge on any atom is -0.508 e. The molecule has 0 radical (unpaired) electrons. The smallest absolute Gasteiger partial charge is 0.253 e. The van der Waals surface area contributed by atoms with Gasteiger partial charge in [0.2, 0.25) is 0 Å². The summed E-state index contributed by atoms with van der Waals surface area (Å²) in [7, 11) is 0. The number of phenolic OH excluding ortho intramolecular Hbond substituents is 1. The fourth-order valence-electron chi connectivity index (χ4n) is 2.67. The van der Waals surface area contributed by atoms with Crippen molar-refractivity contribution in [3.05, 3.63) is 59.1 Å². The molecular formula is C18H18ClNO3. The van der Waals surface area contributed by atoms with Gasteiger partial charge in [-0.25, -0.2) is 0 Å². The monoisotopic (exact) mass is 331 g/mol. The van der Waals surface area contributed by atoms with Crippen LogP contribution >= 0.6 is 11.6 Å². The number of hydrogen-bond donors (Lipinski definition) is 1. The van der Waals surface area contributed by atoms with Gasteiger partial charge in [-0.05, 0) is 48.5 Å². The number of likely N-dealkylation sites (tertiary alicyclic amines) is 1. The van der Waals surface area contributed by atoms with E-state index < -0.39 is 0 Å². The van der Waals surface area contributed by atoms with Crippen LogP contribution in [0.1, 0.15) is 23.2 Å². The van der Waals surface area contributed by atoms with Crippen molar-refractivity contribution in [1.29, 1.82) is 0 Å². The van der Waals surface area contributed by atoms with Gasteiger partial charge in [0.05, 0.1) is 0 Å². The Morgan fingerprint density at radius 3 is 2.26 bits per heavy atom. The number of ether oxygens (including phenoxy) is 1. The van der Waals surface area contributed by atoms with Crippen LogP contribution in [0.4, 0.5) is 0 Å². The van der Waals surface area contributed by atoms with Gasteiger partial charge in [0.25, 0.3) is 5.91 Å². The number of carbonyl (C=O) groups excluding carboxylic acids is 1. The lowest BCUT2D eigenvalue weighted by Gasteiger charge is -2.32. The van der Waals surface area contributed by atoms with Crippen molar-refractivity contribution in [2.45, 2.75) is 18.9 Å². The van der Waals surface area contributed by atoms with Crippen LogP contribution in [-0.4, -0.2) is 35.1 Å². The van der Waals surface area contributed by atoms with Gasteiger partial charge in [-0.15, -0.1) is 0 Å². The molecule has 1 aliphatic rings. The molecule has 0 atom stereocenters. The molecule has 1 N–H and O–H groups in total. The number of hydrogen-bond acceptors (Lipinski definition) is 3. The second kappa shape index (κ2) is 6.92.